The van der Waals surface area contributed by atoms with E-state index < -0.39 is 97.5 Å². The standard InChI is InChI=1S/C77H140O17P2/c1-5-9-13-17-21-25-29-33-35-39-42-46-50-54-58-62-75(80)88-68-73(94-77(82)64-60-56-52-48-44-40-36-34-30-26-22-18-14-10-6-2)70-92-96(85,86)90-66-71(78)65-89-95(83,84)91-69-72(93-76(81)63-59-55-51-47-43-38-32-28-24-20-16-12-8-4)67-87-74(79)61-57-53-49-45-41-37-31-27-23-19-15-11-7-3/h9,13,21,25,27,31,33-36,71-73,78H,5-8,10-12,14-20,22-24,26,28-30,32,37-70H2,1-4H3,(H,83,84)(H,85,86)/b13-9-,25-21-,31-27-,35-33-,36-34-. The first-order chi connectivity index (χ1) is 46.7. The van der Waals surface area contributed by atoms with Crippen LogP contribution in [0.15, 0.2) is 60.8 Å². The number of aliphatic hydroxyl groups excluding tert-OH is 1. The van der Waals surface area contributed by atoms with Gasteiger partial charge in [0.05, 0.1) is 26.4 Å². The summed E-state index contributed by atoms with van der Waals surface area (Å²) in [4.78, 5) is 72.8. The summed E-state index contributed by atoms with van der Waals surface area (Å²) in [6, 6.07) is 0. The number of ether oxygens (including phenoxy) is 4. The number of allylic oxidation sites excluding steroid dienone is 10. The molecule has 0 amide bonds. The fourth-order valence-corrected chi connectivity index (χ4v) is 12.2. The van der Waals surface area contributed by atoms with Crippen molar-refractivity contribution in [2.45, 2.75) is 367 Å². The molecule has 0 bridgehead atoms. The Kier molecular flexibility index (Phi) is 67.8. The van der Waals surface area contributed by atoms with Crippen LogP contribution in [0, 0.1) is 0 Å². The molecular formula is C77H140O17P2. The highest BCUT2D eigenvalue weighted by atomic mass is 31.2. The fraction of sp³-hybridized carbons (Fsp3) is 0.818. The van der Waals surface area contributed by atoms with Gasteiger partial charge in [-0.2, -0.15) is 0 Å². The zero-order chi connectivity index (χ0) is 70.4. The smallest absolute Gasteiger partial charge is 0.462 e. The third kappa shape index (κ3) is 69.2. The number of phosphoric ester groups is 2. The Morgan fingerprint density at radius 2 is 0.542 bits per heavy atom. The van der Waals surface area contributed by atoms with E-state index in [1.807, 2.05) is 0 Å². The van der Waals surface area contributed by atoms with Gasteiger partial charge in [0.25, 0.3) is 0 Å². The first kappa shape index (κ1) is 92.8. The number of carbonyl (C=O) groups excluding carboxylic acids is 4. The number of unbranched alkanes of at least 4 members (excludes halogenated alkanes) is 37. The Morgan fingerprint density at radius 3 is 0.854 bits per heavy atom. The van der Waals surface area contributed by atoms with Crippen LogP contribution in [-0.4, -0.2) is 96.7 Å². The van der Waals surface area contributed by atoms with Crippen LogP contribution < -0.4 is 0 Å². The predicted molar refractivity (Wildman–Crippen MR) is 390 cm³/mol. The number of aliphatic hydroxyl groups is 1. The number of esters is 4. The minimum atomic E-state index is -4.97. The van der Waals surface area contributed by atoms with Crippen molar-refractivity contribution in [2.24, 2.45) is 0 Å². The van der Waals surface area contributed by atoms with Crippen molar-refractivity contribution >= 4 is 39.5 Å². The molecule has 0 aliphatic carbocycles. The van der Waals surface area contributed by atoms with Gasteiger partial charge in [-0.15, -0.1) is 0 Å². The Hall–Kier alpha value is -3.24. The SMILES string of the molecule is CC/C=C\C/C=C\C/C=C\CCCCCCCC(=O)OCC(COP(=O)(O)OCC(O)COP(=O)(O)OCC(COC(=O)CCCCCCC/C=C\CCCCCC)OC(=O)CCCCCCCCCCCCCCC)OC(=O)CCCCCCC/C=C\CCCCCCCC. The summed E-state index contributed by atoms with van der Waals surface area (Å²) in [5.74, 6) is -2.18. The van der Waals surface area contributed by atoms with Crippen molar-refractivity contribution in [1.29, 1.82) is 0 Å². The highest BCUT2D eigenvalue weighted by molar-refractivity contribution is 7.47. The van der Waals surface area contributed by atoms with E-state index in [0.717, 1.165) is 154 Å². The molecule has 96 heavy (non-hydrogen) atoms. The first-order valence-electron chi connectivity index (χ1n) is 38.5. The van der Waals surface area contributed by atoms with E-state index in [4.69, 9.17) is 37.0 Å². The molecule has 5 unspecified atom stereocenters. The van der Waals surface area contributed by atoms with E-state index >= 15 is 0 Å². The first-order valence-corrected chi connectivity index (χ1v) is 41.5. The lowest BCUT2D eigenvalue weighted by Crippen LogP contribution is -2.30. The maximum atomic E-state index is 13.1. The van der Waals surface area contributed by atoms with Gasteiger partial charge in [-0.05, 0) is 109 Å². The van der Waals surface area contributed by atoms with E-state index in [0.29, 0.717) is 25.7 Å². The lowest BCUT2D eigenvalue weighted by atomic mass is 10.0. The van der Waals surface area contributed by atoms with E-state index in [-0.39, 0.29) is 25.7 Å². The quantitative estimate of drug-likeness (QED) is 0.0169. The van der Waals surface area contributed by atoms with Gasteiger partial charge in [0, 0.05) is 25.7 Å². The zero-order valence-electron chi connectivity index (χ0n) is 61.1. The molecule has 0 spiro atoms. The van der Waals surface area contributed by atoms with Crippen molar-refractivity contribution in [1.82, 2.24) is 0 Å². The molecule has 0 fully saturated rings. The molecule has 0 heterocycles. The molecule has 19 heteroatoms. The van der Waals surface area contributed by atoms with Crippen LogP contribution in [0.3, 0.4) is 0 Å². The summed E-state index contributed by atoms with van der Waals surface area (Å²) in [6.45, 7) is 4.76. The van der Waals surface area contributed by atoms with Crippen LogP contribution >= 0.6 is 15.6 Å². The zero-order valence-corrected chi connectivity index (χ0v) is 62.8. The second-order valence-electron chi connectivity index (χ2n) is 25.9. The topological polar surface area (TPSA) is 237 Å². The Balaban J connectivity index is 5.33. The highest BCUT2D eigenvalue weighted by Crippen LogP contribution is 2.45. The van der Waals surface area contributed by atoms with E-state index in [1.54, 1.807) is 0 Å². The number of carbonyl (C=O) groups is 4. The summed E-state index contributed by atoms with van der Waals surface area (Å²) in [6.07, 6.45) is 67.8. The molecule has 0 rings (SSSR count). The highest BCUT2D eigenvalue weighted by Gasteiger charge is 2.30. The molecule has 0 radical (unpaired) electrons. The van der Waals surface area contributed by atoms with Crippen LogP contribution in [-0.2, 0) is 65.4 Å². The molecule has 5 atom stereocenters. The van der Waals surface area contributed by atoms with E-state index in [9.17, 15) is 43.2 Å². The number of hydrogen-bond donors (Lipinski definition) is 3. The molecular weight excluding hydrogens is 1260 g/mol. The van der Waals surface area contributed by atoms with Crippen LogP contribution in [0.5, 0.6) is 0 Å². The van der Waals surface area contributed by atoms with Gasteiger partial charge in [-0.1, -0.05) is 275 Å². The Labute approximate surface area is 584 Å². The molecule has 0 aromatic carbocycles. The van der Waals surface area contributed by atoms with Gasteiger partial charge in [-0.3, -0.25) is 37.3 Å². The average molecular weight is 1400 g/mol. The van der Waals surface area contributed by atoms with Crippen LogP contribution in [0.1, 0.15) is 349 Å². The van der Waals surface area contributed by atoms with E-state index in [2.05, 4.69) is 88.5 Å². The van der Waals surface area contributed by atoms with Crippen molar-refractivity contribution in [3.05, 3.63) is 60.8 Å². The fourth-order valence-electron chi connectivity index (χ4n) is 10.6. The lowest BCUT2D eigenvalue weighted by Gasteiger charge is -2.21. The average Bonchev–Trinajstić information content (AvgIpc) is 1.36. The second kappa shape index (κ2) is 70.2. The Bertz CT molecular complexity index is 2060. The molecule has 0 aromatic heterocycles. The van der Waals surface area contributed by atoms with Crippen LogP contribution in [0.25, 0.3) is 0 Å². The third-order valence-corrected chi connectivity index (χ3v) is 18.4. The monoisotopic (exact) mass is 1400 g/mol. The van der Waals surface area contributed by atoms with Gasteiger partial charge in [0.2, 0.25) is 0 Å². The minimum absolute atomic E-state index is 0.0846. The number of rotatable bonds is 73. The number of phosphoric acid groups is 2. The second-order valence-corrected chi connectivity index (χ2v) is 28.8. The van der Waals surface area contributed by atoms with Gasteiger partial charge in [0.15, 0.2) is 12.2 Å². The summed E-state index contributed by atoms with van der Waals surface area (Å²) in [7, 11) is -9.94. The molecule has 0 aliphatic heterocycles. The lowest BCUT2D eigenvalue weighted by molar-refractivity contribution is -0.161. The maximum absolute atomic E-state index is 13.1. The van der Waals surface area contributed by atoms with Crippen molar-refractivity contribution < 1.29 is 80.2 Å². The molecule has 0 saturated heterocycles. The molecule has 0 aliphatic rings. The summed E-state index contributed by atoms with van der Waals surface area (Å²) in [5, 5.41) is 10.6. The molecule has 0 saturated carbocycles. The molecule has 0 aromatic rings. The Morgan fingerprint density at radius 1 is 0.302 bits per heavy atom. The molecule has 17 nitrogen and oxygen atoms in total. The van der Waals surface area contributed by atoms with Crippen molar-refractivity contribution in [3.8, 4) is 0 Å². The number of hydrogen-bond acceptors (Lipinski definition) is 15. The maximum Gasteiger partial charge on any atom is 0.472 e. The predicted octanol–water partition coefficient (Wildman–Crippen LogP) is 21.9. The van der Waals surface area contributed by atoms with Gasteiger partial charge in [-0.25, -0.2) is 9.13 Å². The van der Waals surface area contributed by atoms with Gasteiger partial charge < -0.3 is 33.8 Å². The summed E-state index contributed by atoms with van der Waals surface area (Å²) in [5.41, 5.74) is 0. The summed E-state index contributed by atoms with van der Waals surface area (Å²) >= 11 is 0. The third-order valence-electron chi connectivity index (χ3n) is 16.5. The normalized spacial score (nSPS) is 14.3. The van der Waals surface area contributed by atoms with Crippen LogP contribution in [0.4, 0.5) is 0 Å². The largest absolute Gasteiger partial charge is 0.472 e. The van der Waals surface area contributed by atoms with Gasteiger partial charge in [0.1, 0.15) is 19.3 Å². The van der Waals surface area contributed by atoms with Crippen LogP contribution in [0.2, 0.25) is 0 Å². The summed E-state index contributed by atoms with van der Waals surface area (Å²) < 4.78 is 68.5. The van der Waals surface area contributed by atoms with Crippen molar-refractivity contribution in [3.63, 3.8) is 0 Å². The molecule has 560 valence electrons. The van der Waals surface area contributed by atoms with E-state index in [1.165, 1.54) is 116 Å². The molecule has 3 N–H and O–H groups in total. The minimum Gasteiger partial charge on any atom is -0.462 e. The van der Waals surface area contributed by atoms with Gasteiger partial charge >= 0.3 is 39.5 Å². The van der Waals surface area contributed by atoms with Crippen molar-refractivity contribution in [2.75, 3.05) is 39.6 Å².